The molecule has 0 spiro atoms. The topological polar surface area (TPSA) is 46.9 Å². The number of halogens is 4. The van der Waals surface area contributed by atoms with Gasteiger partial charge in [0.2, 0.25) is 11.8 Å². The molecule has 0 radical (unpaired) electrons. The first kappa shape index (κ1) is 19.1. The SMILES string of the molecule is C=CC(=O)Nc1cnc2c(c1)c(C=CC1CCC(F)(F)CC1)cn2C(F)F. The summed E-state index contributed by atoms with van der Waals surface area (Å²) < 4.78 is 53.8. The van der Waals surface area contributed by atoms with Gasteiger partial charge in [0.15, 0.2) is 0 Å². The zero-order valence-corrected chi connectivity index (χ0v) is 14.5. The van der Waals surface area contributed by atoms with E-state index in [0.717, 1.165) is 10.6 Å². The molecule has 0 bridgehead atoms. The molecule has 0 unspecified atom stereocenters. The molecule has 2 heterocycles. The molecule has 1 amide bonds. The van der Waals surface area contributed by atoms with Crippen molar-refractivity contribution in [3.05, 3.63) is 42.8 Å². The van der Waals surface area contributed by atoms with Crippen molar-refractivity contribution in [3.8, 4) is 0 Å². The van der Waals surface area contributed by atoms with Crippen LogP contribution in [0, 0.1) is 5.92 Å². The first-order chi connectivity index (χ1) is 12.8. The molecule has 1 fully saturated rings. The smallest absolute Gasteiger partial charge is 0.320 e. The summed E-state index contributed by atoms with van der Waals surface area (Å²) in [5, 5.41) is 2.98. The van der Waals surface area contributed by atoms with Gasteiger partial charge in [0.1, 0.15) is 5.65 Å². The Hall–Kier alpha value is -2.64. The minimum absolute atomic E-state index is 0.0221. The van der Waals surface area contributed by atoms with Crippen molar-refractivity contribution in [1.29, 1.82) is 0 Å². The molecule has 0 aromatic carbocycles. The third-order valence-electron chi connectivity index (χ3n) is 4.67. The first-order valence-corrected chi connectivity index (χ1v) is 8.57. The lowest BCUT2D eigenvalue weighted by Gasteiger charge is -2.26. The van der Waals surface area contributed by atoms with Crippen LogP contribution in [0.5, 0.6) is 0 Å². The Labute approximate surface area is 153 Å². The second-order valence-electron chi connectivity index (χ2n) is 6.61. The molecule has 1 aliphatic rings. The molecule has 0 aliphatic heterocycles. The van der Waals surface area contributed by atoms with Gasteiger partial charge in [-0.25, -0.2) is 13.8 Å². The third-order valence-corrected chi connectivity index (χ3v) is 4.67. The number of allylic oxidation sites excluding steroid dienone is 1. The molecule has 1 N–H and O–H groups in total. The molecule has 1 aliphatic carbocycles. The lowest BCUT2D eigenvalue weighted by Crippen LogP contribution is -2.23. The molecule has 27 heavy (non-hydrogen) atoms. The lowest BCUT2D eigenvalue weighted by atomic mass is 9.86. The van der Waals surface area contributed by atoms with E-state index in [-0.39, 0.29) is 24.4 Å². The summed E-state index contributed by atoms with van der Waals surface area (Å²) in [5.41, 5.74) is 0.924. The number of carbonyl (C=O) groups is 1. The van der Waals surface area contributed by atoms with Crippen LogP contribution in [0.1, 0.15) is 37.8 Å². The number of pyridine rings is 1. The van der Waals surface area contributed by atoms with Crippen LogP contribution in [0.3, 0.4) is 0 Å². The molecule has 3 rings (SSSR count). The van der Waals surface area contributed by atoms with Gasteiger partial charge in [0, 0.05) is 30.0 Å². The normalized spacial score (nSPS) is 17.7. The van der Waals surface area contributed by atoms with Crippen molar-refractivity contribution in [2.75, 3.05) is 5.32 Å². The Kier molecular flexibility index (Phi) is 5.34. The molecule has 2 aromatic heterocycles. The average Bonchev–Trinajstić information content (AvgIpc) is 2.99. The fraction of sp³-hybridized carbons (Fsp3) is 0.368. The number of rotatable bonds is 5. The van der Waals surface area contributed by atoms with Gasteiger partial charge in [0.25, 0.3) is 0 Å². The molecular weight excluding hydrogens is 362 g/mol. The van der Waals surface area contributed by atoms with Crippen LogP contribution in [0.15, 0.2) is 37.2 Å². The largest absolute Gasteiger partial charge is 0.321 e. The van der Waals surface area contributed by atoms with Crippen LogP contribution in [0.4, 0.5) is 23.2 Å². The number of nitrogens with one attached hydrogen (secondary N) is 1. The minimum atomic E-state index is -2.77. The Morgan fingerprint density at radius 1 is 1.37 bits per heavy atom. The van der Waals surface area contributed by atoms with Gasteiger partial charge in [-0.05, 0) is 30.9 Å². The Bertz CT molecular complexity index is 878. The quantitative estimate of drug-likeness (QED) is 0.557. The summed E-state index contributed by atoms with van der Waals surface area (Å²) in [5.74, 6) is -3.08. The number of nitrogens with zero attached hydrogens (tertiary/aromatic N) is 2. The summed E-state index contributed by atoms with van der Waals surface area (Å²) in [6.07, 6.45) is 7.49. The van der Waals surface area contributed by atoms with Crippen molar-refractivity contribution in [2.24, 2.45) is 5.92 Å². The van der Waals surface area contributed by atoms with Crippen molar-refractivity contribution in [1.82, 2.24) is 9.55 Å². The molecule has 4 nitrogen and oxygen atoms in total. The molecule has 144 valence electrons. The van der Waals surface area contributed by atoms with E-state index in [2.05, 4.69) is 16.9 Å². The monoisotopic (exact) mass is 381 g/mol. The molecule has 2 aromatic rings. The zero-order valence-electron chi connectivity index (χ0n) is 14.5. The Balaban J connectivity index is 1.90. The zero-order chi connectivity index (χ0) is 19.6. The molecule has 0 saturated heterocycles. The van der Waals surface area contributed by atoms with Crippen molar-refractivity contribution in [2.45, 2.75) is 38.2 Å². The lowest BCUT2D eigenvalue weighted by molar-refractivity contribution is -0.111. The van der Waals surface area contributed by atoms with Crippen LogP contribution in [0.2, 0.25) is 0 Å². The number of hydrogen-bond acceptors (Lipinski definition) is 2. The van der Waals surface area contributed by atoms with Gasteiger partial charge in [-0.1, -0.05) is 18.7 Å². The van der Waals surface area contributed by atoms with Crippen LogP contribution in [0.25, 0.3) is 17.1 Å². The van der Waals surface area contributed by atoms with Gasteiger partial charge < -0.3 is 5.32 Å². The number of amides is 1. The maximum Gasteiger partial charge on any atom is 0.320 e. The maximum atomic E-state index is 13.3. The number of anilines is 1. The van der Waals surface area contributed by atoms with E-state index in [0.29, 0.717) is 29.5 Å². The van der Waals surface area contributed by atoms with E-state index >= 15 is 0 Å². The number of hydrogen-bond donors (Lipinski definition) is 1. The van der Waals surface area contributed by atoms with Gasteiger partial charge in [0.05, 0.1) is 11.9 Å². The molecule has 0 atom stereocenters. The summed E-state index contributed by atoms with van der Waals surface area (Å²) in [7, 11) is 0. The van der Waals surface area contributed by atoms with E-state index in [1.54, 1.807) is 18.2 Å². The van der Waals surface area contributed by atoms with Gasteiger partial charge in [-0.3, -0.25) is 9.36 Å². The maximum absolute atomic E-state index is 13.3. The summed E-state index contributed by atoms with van der Waals surface area (Å²) >= 11 is 0. The number of carbonyl (C=O) groups excluding carboxylic acids is 1. The number of fused-ring (bicyclic) bond motifs is 1. The molecule has 1 saturated carbocycles. The highest BCUT2D eigenvalue weighted by atomic mass is 19.3. The van der Waals surface area contributed by atoms with Crippen LogP contribution >= 0.6 is 0 Å². The van der Waals surface area contributed by atoms with Gasteiger partial charge >= 0.3 is 6.55 Å². The van der Waals surface area contributed by atoms with Crippen molar-refractivity contribution >= 4 is 28.7 Å². The highest BCUT2D eigenvalue weighted by Gasteiger charge is 2.33. The van der Waals surface area contributed by atoms with E-state index in [1.807, 2.05) is 0 Å². The summed E-state index contributed by atoms with van der Waals surface area (Å²) in [4.78, 5) is 15.5. The van der Waals surface area contributed by atoms with E-state index in [4.69, 9.17) is 0 Å². The van der Waals surface area contributed by atoms with E-state index in [1.165, 1.54) is 12.4 Å². The summed E-state index contributed by atoms with van der Waals surface area (Å²) in [6, 6.07) is 1.55. The summed E-state index contributed by atoms with van der Waals surface area (Å²) in [6.45, 7) is 0.581. The van der Waals surface area contributed by atoms with Crippen LogP contribution in [-0.4, -0.2) is 21.4 Å². The van der Waals surface area contributed by atoms with E-state index in [9.17, 15) is 22.4 Å². The Morgan fingerprint density at radius 3 is 2.70 bits per heavy atom. The Morgan fingerprint density at radius 2 is 2.07 bits per heavy atom. The van der Waals surface area contributed by atoms with Crippen LogP contribution < -0.4 is 5.32 Å². The predicted octanol–water partition coefficient (Wildman–Crippen LogP) is 5.39. The average molecular weight is 381 g/mol. The van der Waals surface area contributed by atoms with Gasteiger partial charge in [-0.15, -0.1) is 0 Å². The third kappa shape index (κ3) is 4.37. The highest BCUT2D eigenvalue weighted by molar-refractivity contribution is 6.00. The fourth-order valence-electron chi connectivity index (χ4n) is 3.19. The predicted molar refractivity (Wildman–Crippen MR) is 95.8 cm³/mol. The number of aromatic nitrogens is 2. The number of alkyl halides is 4. The van der Waals surface area contributed by atoms with Crippen LogP contribution in [-0.2, 0) is 4.79 Å². The van der Waals surface area contributed by atoms with Crippen molar-refractivity contribution < 1.29 is 22.4 Å². The standard InChI is InChI=1S/C19H19F4N3O/c1-2-16(27)25-14-9-15-13(11-26(18(20)21)17(15)24-10-14)4-3-12-5-7-19(22,23)8-6-12/h2-4,9-12,18H,1,5-8H2,(H,25,27). The molecular formula is C19H19F4N3O. The second-order valence-corrected chi connectivity index (χ2v) is 6.61. The second kappa shape index (κ2) is 7.54. The fourth-order valence-corrected chi connectivity index (χ4v) is 3.19. The molecule has 8 heteroatoms. The van der Waals surface area contributed by atoms with Crippen molar-refractivity contribution in [3.63, 3.8) is 0 Å². The van der Waals surface area contributed by atoms with E-state index < -0.39 is 18.4 Å². The van der Waals surface area contributed by atoms with Gasteiger partial charge in [-0.2, -0.15) is 8.78 Å². The minimum Gasteiger partial charge on any atom is -0.321 e. The highest BCUT2D eigenvalue weighted by Crippen LogP contribution is 2.37. The first-order valence-electron chi connectivity index (χ1n) is 8.57.